The number of allylic oxidation sites excluding steroid dienone is 1. The molecule has 0 fully saturated rings. The molecule has 32 heavy (non-hydrogen) atoms. The molecule has 1 heterocycles. The molecule has 1 unspecified atom stereocenters. The quantitative estimate of drug-likeness (QED) is 0.454. The molecule has 3 aromatic carbocycles. The van der Waals surface area contributed by atoms with Crippen LogP contribution in [0, 0.1) is 0 Å². The van der Waals surface area contributed by atoms with E-state index < -0.39 is 6.04 Å². The van der Waals surface area contributed by atoms with Gasteiger partial charge in [-0.1, -0.05) is 59.6 Å². The normalized spacial score (nSPS) is 17.9. The summed E-state index contributed by atoms with van der Waals surface area (Å²) in [5.74, 6) is -0.156. The Kier molecular flexibility index (Phi) is 5.50. The molecule has 4 nitrogen and oxygen atoms in total. The number of anilines is 2. The topological polar surface area (TPSA) is 49.4 Å². The Morgan fingerprint density at radius 3 is 2.44 bits per heavy atom. The van der Waals surface area contributed by atoms with E-state index in [1.54, 1.807) is 29.2 Å². The highest BCUT2D eigenvalue weighted by molar-refractivity contribution is 6.42. The van der Waals surface area contributed by atoms with Gasteiger partial charge in [0.05, 0.1) is 27.5 Å². The number of carbonyl (C=O) groups is 2. The summed E-state index contributed by atoms with van der Waals surface area (Å²) in [6.45, 7) is 0. The van der Waals surface area contributed by atoms with Gasteiger partial charge >= 0.3 is 0 Å². The van der Waals surface area contributed by atoms with Crippen LogP contribution in [0.25, 0.3) is 0 Å². The van der Waals surface area contributed by atoms with Crippen LogP contribution in [0.1, 0.15) is 41.2 Å². The SMILES string of the molecule is O=C1CCCC2=C1C(c1ccc(Cl)c(Cl)c1)N(C(=O)c1ccccc1)c1ccccc1N2. The number of amides is 1. The Balaban J connectivity index is 1.80. The minimum Gasteiger partial charge on any atom is -0.357 e. The van der Waals surface area contributed by atoms with Crippen molar-refractivity contribution < 1.29 is 9.59 Å². The zero-order valence-electron chi connectivity index (χ0n) is 17.1. The number of carbonyl (C=O) groups excluding carboxylic acids is 2. The molecule has 160 valence electrons. The van der Waals surface area contributed by atoms with Crippen LogP contribution in [0.4, 0.5) is 11.4 Å². The van der Waals surface area contributed by atoms with Crippen molar-refractivity contribution in [2.45, 2.75) is 25.3 Å². The number of benzene rings is 3. The maximum absolute atomic E-state index is 13.9. The molecule has 1 atom stereocenters. The number of fused-ring (bicyclic) bond motifs is 1. The minimum atomic E-state index is -0.628. The fourth-order valence-electron chi connectivity index (χ4n) is 4.48. The Bertz CT molecular complexity index is 1250. The second-order valence-electron chi connectivity index (χ2n) is 7.93. The maximum atomic E-state index is 13.9. The van der Waals surface area contributed by atoms with Gasteiger partial charge in [-0.25, -0.2) is 0 Å². The molecule has 1 amide bonds. The molecular formula is C26H20Cl2N2O2. The fourth-order valence-corrected chi connectivity index (χ4v) is 4.78. The molecular weight excluding hydrogens is 443 g/mol. The molecule has 0 saturated carbocycles. The number of rotatable bonds is 2. The lowest BCUT2D eigenvalue weighted by molar-refractivity contribution is -0.116. The molecule has 0 saturated heterocycles. The molecule has 1 aliphatic heterocycles. The van der Waals surface area contributed by atoms with Gasteiger partial charge in [-0.15, -0.1) is 0 Å². The van der Waals surface area contributed by atoms with Crippen LogP contribution in [0.2, 0.25) is 10.0 Å². The van der Waals surface area contributed by atoms with Crippen molar-refractivity contribution in [2.75, 3.05) is 10.2 Å². The summed E-state index contributed by atoms with van der Waals surface area (Å²) in [5, 5.41) is 4.27. The van der Waals surface area contributed by atoms with Gasteiger partial charge in [0.1, 0.15) is 0 Å². The fraction of sp³-hybridized carbons (Fsp3) is 0.154. The van der Waals surface area contributed by atoms with E-state index in [9.17, 15) is 9.59 Å². The van der Waals surface area contributed by atoms with Crippen molar-refractivity contribution in [3.8, 4) is 0 Å². The first-order valence-corrected chi connectivity index (χ1v) is 11.3. The number of ketones is 1. The van der Waals surface area contributed by atoms with Crippen molar-refractivity contribution in [1.82, 2.24) is 0 Å². The average molecular weight is 463 g/mol. The summed E-state index contributed by atoms with van der Waals surface area (Å²) < 4.78 is 0. The smallest absolute Gasteiger partial charge is 0.259 e. The number of nitrogens with one attached hydrogen (secondary N) is 1. The predicted molar refractivity (Wildman–Crippen MR) is 128 cm³/mol. The maximum Gasteiger partial charge on any atom is 0.259 e. The zero-order valence-corrected chi connectivity index (χ0v) is 18.7. The summed E-state index contributed by atoms with van der Waals surface area (Å²) in [7, 11) is 0. The average Bonchev–Trinajstić information content (AvgIpc) is 2.96. The molecule has 0 radical (unpaired) electrons. The molecule has 0 aromatic heterocycles. The van der Waals surface area contributed by atoms with Crippen LogP contribution in [0.15, 0.2) is 84.1 Å². The van der Waals surface area contributed by atoms with Crippen molar-refractivity contribution in [2.24, 2.45) is 0 Å². The molecule has 0 bridgehead atoms. The largest absolute Gasteiger partial charge is 0.357 e. The van der Waals surface area contributed by atoms with Crippen molar-refractivity contribution in [3.05, 3.63) is 105 Å². The lowest BCUT2D eigenvalue weighted by atomic mass is 9.85. The highest BCUT2D eigenvalue weighted by atomic mass is 35.5. The van der Waals surface area contributed by atoms with E-state index in [1.165, 1.54) is 0 Å². The second-order valence-corrected chi connectivity index (χ2v) is 8.74. The third kappa shape index (κ3) is 3.60. The van der Waals surface area contributed by atoms with E-state index >= 15 is 0 Å². The van der Waals surface area contributed by atoms with E-state index in [-0.39, 0.29) is 11.7 Å². The number of hydrogen-bond acceptors (Lipinski definition) is 3. The predicted octanol–water partition coefficient (Wildman–Crippen LogP) is 6.81. The van der Waals surface area contributed by atoms with Crippen LogP contribution in [-0.2, 0) is 4.79 Å². The van der Waals surface area contributed by atoms with Crippen LogP contribution >= 0.6 is 23.2 Å². The van der Waals surface area contributed by atoms with Crippen LogP contribution in [0.3, 0.4) is 0 Å². The third-order valence-corrected chi connectivity index (χ3v) is 6.67. The number of nitrogens with zero attached hydrogens (tertiary/aromatic N) is 1. The van der Waals surface area contributed by atoms with Gasteiger partial charge in [0.15, 0.2) is 5.78 Å². The number of halogens is 2. The van der Waals surface area contributed by atoms with E-state index in [0.29, 0.717) is 33.3 Å². The number of Topliss-reactive ketones (excluding diaryl/α,β-unsaturated/α-hetero) is 1. The van der Waals surface area contributed by atoms with Crippen molar-refractivity contribution in [1.29, 1.82) is 0 Å². The molecule has 5 rings (SSSR count). The molecule has 1 aliphatic carbocycles. The van der Waals surface area contributed by atoms with Gasteiger partial charge < -0.3 is 5.32 Å². The van der Waals surface area contributed by atoms with Gasteiger partial charge in [-0.05, 0) is 54.8 Å². The lowest BCUT2D eigenvalue weighted by Crippen LogP contribution is -2.38. The van der Waals surface area contributed by atoms with E-state index in [0.717, 1.165) is 29.8 Å². The van der Waals surface area contributed by atoms with Crippen molar-refractivity contribution >= 4 is 46.3 Å². The first-order chi connectivity index (χ1) is 15.5. The monoisotopic (exact) mass is 462 g/mol. The summed E-state index contributed by atoms with van der Waals surface area (Å²) in [4.78, 5) is 28.9. The van der Waals surface area contributed by atoms with Gasteiger partial charge in [0, 0.05) is 23.3 Å². The molecule has 6 heteroatoms. The highest BCUT2D eigenvalue weighted by Gasteiger charge is 2.39. The van der Waals surface area contributed by atoms with Gasteiger partial charge in [0.2, 0.25) is 0 Å². The highest BCUT2D eigenvalue weighted by Crippen LogP contribution is 2.46. The van der Waals surface area contributed by atoms with Gasteiger partial charge in [-0.3, -0.25) is 14.5 Å². The Hall–Kier alpha value is -3.08. The Morgan fingerprint density at radius 1 is 0.906 bits per heavy atom. The van der Waals surface area contributed by atoms with Gasteiger partial charge in [-0.2, -0.15) is 0 Å². The van der Waals surface area contributed by atoms with E-state index in [1.807, 2.05) is 48.5 Å². The van der Waals surface area contributed by atoms with Crippen molar-refractivity contribution in [3.63, 3.8) is 0 Å². The summed E-state index contributed by atoms with van der Waals surface area (Å²) in [6, 6.07) is 21.4. The minimum absolute atomic E-state index is 0.0356. The summed E-state index contributed by atoms with van der Waals surface area (Å²) >= 11 is 12.6. The molecule has 2 aliphatic rings. The number of para-hydroxylation sites is 2. The zero-order chi connectivity index (χ0) is 22.2. The number of hydrogen-bond donors (Lipinski definition) is 1. The van der Waals surface area contributed by atoms with E-state index in [4.69, 9.17) is 23.2 Å². The molecule has 1 N–H and O–H groups in total. The second kappa shape index (κ2) is 8.45. The first-order valence-electron chi connectivity index (χ1n) is 10.5. The lowest BCUT2D eigenvalue weighted by Gasteiger charge is -2.34. The molecule has 3 aromatic rings. The van der Waals surface area contributed by atoms with E-state index in [2.05, 4.69) is 5.32 Å². The first kappa shape index (κ1) is 20.8. The molecule has 0 spiro atoms. The summed E-state index contributed by atoms with van der Waals surface area (Å²) in [6.07, 6.45) is 1.95. The Morgan fingerprint density at radius 2 is 1.66 bits per heavy atom. The van der Waals surface area contributed by atoms with Gasteiger partial charge in [0.25, 0.3) is 5.91 Å². The van der Waals surface area contributed by atoms with Crippen LogP contribution in [-0.4, -0.2) is 11.7 Å². The Labute approximate surface area is 196 Å². The third-order valence-electron chi connectivity index (χ3n) is 5.94. The standard InChI is InChI=1S/C26H20Cl2N2O2/c27-18-14-13-17(15-19(18)28)25-24-21(10-6-12-23(24)31)29-20-9-4-5-11-22(20)30(25)26(32)16-7-2-1-3-8-16/h1-5,7-9,11,13-15,25,29H,6,10,12H2. The van der Waals surface area contributed by atoms with Crippen LogP contribution < -0.4 is 10.2 Å². The summed E-state index contributed by atoms with van der Waals surface area (Å²) in [5.41, 5.74) is 4.24. The van der Waals surface area contributed by atoms with Crippen LogP contribution in [0.5, 0.6) is 0 Å².